The Hall–Kier alpha value is -1.94. The van der Waals surface area contributed by atoms with E-state index in [4.69, 9.17) is 4.74 Å². The maximum Gasteiger partial charge on any atom is 0.256 e. The Kier molecular flexibility index (Phi) is 4.47. The van der Waals surface area contributed by atoms with E-state index >= 15 is 0 Å². The van der Waals surface area contributed by atoms with Gasteiger partial charge in [0.1, 0.15) is 0 Å². The Bertz CT molecular complexity index is 509. The predicted molar refractivity (Wildman–Crippen MR) is 76.0 cm³/mol. The molecule has 1 aliphatic heterocycles. The highest BCUT2D eigenvalue weighted by Crippen LogP contribution is 2.24. The predicted octanol–water partition coefficient (Wildman–Crippen LogP) is 2.28. The second-order valence-electron chi connectivity index (χ2n) is 4.47. The molecule has 0 saturated carbocycles. The molecule has 1 aliphatic rings. The molecule has 0 aromatic heterocycles. The van der Waals surface area contributed by atoms with Crippen molar-refractivity contribution in [3.8, 4) is 0 Å². The minimum atomic E-state index is -0.391. The molecule has 0 fully saturated rings. The van der Waals surface area contributed by atoms with Gasteiger partial charge in [0.15, 0.2) is 6.04 Å². The van der Waals surface area contributed by atoms with Crippen molar-refractivity contribution in [2.24, 2.45) is 4.99 Å². The summed E-state index contributed by atoms with van der Waals surface area (Å²) in [4.78, 5) is 17.6. The molecule has 0 bridgehead atoms. The lowest BCUT2D eigenvalue weighted by Gasteiger charge is -2.09. The van der Waals surface area contributed by atoms with Crippen molar-refractivity contribution in [3.05, 3.63) is 41.5 Å². The number of amides is 1. The van der Waals surface area contributed by atoms with Gasteiger partial charge in [-0.15, -0.1) is 0 Å². The van der Waals surface area contributed by atoms with Crippen molar-refractivity contribution < 1.29 is 9.53 Å². The number of nitrogens with zero attached hydrogens (tertiary/aromatic N) is 2. The van der Waals surface area contributed by atoms with E-state index in [-0.39, 0.29) is 5.91 Å². The van der Waals surface area contributed by atoms with Crippen LogP contribution in [0.15, 0.2) is 35.3 Å². The minimum Gasteiger partial charge on any atom is -0.384 e. The van der Waals surface area contributed by atoms with Crippen LogP contribution in [-0.2, 0) is 9.53 Å². The van der Waals surface area contributed by atoms with Gasteiger partial charge in [0, 0.05) is 20.8 Å². The van der Waals surface area contributed by atoms with Crippen LogP contribution in [0.5, 0.6) is 0 Å². The smallest absolute Gasteiger partial charge is 0.256 e. The average molecular weight is 258 g/mol. The molecular weight excluding hydrogens is 240 g/mol. The standard InChI is InChI=1S/C15H18N2O2/c1-17-11-16-14(15(17)18)13-8-5-7-12(10-13)6-3-4-9-19-2/h3,5-8,10-11,14H,4,9H2,1-2H3/b6-3+. The zero-order valence-corrected chi connectivity index (χ0v) is 11.2. The van der Waals surface area contributed by atoms with Crippen LogP contribution in [0.25, 0.3) is 6.08 Å². The molecule has 1 atom stereocenters. The fourth-order valence-electron chi connectivity index (χ4n) is 1.95. The molecule has 100 valence electrons. The van der Waals surface area contributed by atoms with E-state index in [9.17, 15) is 4.79 Å². The molecule has 0 N–H and O–H groups in total. The first kappa shape index (κ1) is 13.5. The SMILES string of the molecule is COCC/C=C/c1cccc(C2N=CN(C)C2=O)c1. The first-order chi connectivity index (χ1) is 9.22. The number of aliphatic imine (C=N–C) groups is 1. The van der Waals surface area contributed by atoms with Crippen molar-refractivity contribution in [2.75, 3.05) is 20.8 Å². The number of hydrogen-bond donors (Lipinski definition) is 0. The average Bonchev–Trinajstić information content (AvgIpc) is 2.76. The molecule has 19 heavy (non-hydrogen) atoms. The summed E-state index contributed by atoms with van der Waals surface area (Å²) in [6.45, 7) is 0.715. The monoisotopic (exact) mass is 258 g/mol. The zero-order valence-electron chi connectivity index (χ0n) is 11.2. The Morgan fingerprint density at radius 1 is 1.47 bits per heavy atom. The fourth-order valence-corrected chi connectivity index (χ4v) is 1.95. The molecule has 1 heterocycles. The lowest BCUT2D eigenvalue weighted by Crippen LogP contribution is -2.22. The summed E-state index contributed by atoms with van der Waals surface area (Å²) in [5.41, 5.74) is 2.01. The van der Waals surface area contributed by atoms with Crippen molar-refractivity contribution in [3.63, 3.8) is 0 Å². The van der Waals surface area contributed by atoms with Gasteiger partial charge in [0.2, 0.25) is 0 Å². The van der Waals surface area contributed by atoms with E-state index in [1.54, 1.807) is 20.5 Å². The van der Waals surface area contributed by atoms with E-state index in [0.717, 1.165) is 17.5 Å². The second kappa shape index (κ2) is 6.29. The third-order valence-electron chi connectivity index (χ3n) is 3.00. The number of ether oxygens (including phenoxy) is 1. The van der Waals surface area contributed by atoms with Gasteiger partial charge in [0.05, 0.1) is 6.34 Å². The first-order valence-corrected chi connectivity index (χ1v) is 6.28. The number of benzene rings is 1. The Morgan fingerprint density at radius 3 is 3.00 bits per heavy atom. The van der Waals surface area contributed by atoms with Gasteiger partial charge in [-0.2, -0.15) is 0 Å². The largest absolute Gasteiger partial charge is 0.384 e. The Morgan fingerprint density at radius 2 is 2.32 bits per heavy atom. The van der Waals surface area contributed by atoms with E-state index in [2.05, 4.69) is 11.1 Å². The van der Waals surface area contributed by atoms with Gasteiger partial charge >= 0.3 is 0 Å². The molecule has 4 nitrogen and oxygen atoms in total. The fraction of sp³-hybridized carbons (Fsp3) is 0.333. The summed E-state index contributed by atoms with van der Waals surface area (Å²) in [7, 11) is 3.41. The topological polar surface area (TPSA) is 41.9 Å². The molecule has 0 saturated heterocycles. The summed E-state index contributed by atoms with van der Waals surface area (Å²) in [6.07, 6.45) is 6.56. The summed E-state index contributed by atoms with van der Waals surface area (Å²) >= 11 is 0. The third kappa shape index (κ3) is 3.29. The summed E-state index contributed by atoms with van der Waals surface area (Å²) in [6, 6.07) is 7.51. The number of likely N-dealkylation sites (N-methyl/N-ethyl adjacent to an activating group) is 1. The van der Waals surface area contributed by atoms with E-state index in [0.29, 0.717) is 6.61 Å². The summed E-state index contributed by atoms with van der Waals surface area (Å²) < 4.78 is 4.99. The maximum atomic E-state index is 11.9. The highest BCUT2D eigenvalue weighted by Gasteiger charge is 2.26. The van der Waals surface area contributed by atoms with Crippen LogP contribution in [0.4, 0.5) is 0 Å². The molecule has 1 unspecified atom stereocenters. The van der Waals surface area contributed by atoms with Crippen LogP contribution in [0.3, 0.4) is 0 Å². The van der Waals surface area contributed by atoms with Crippen molar-refractivity contribution in [2.45, 2.75) is 12.5 Å². The van der Waals surface area contributed by atoms with Gasteiger partial charge in [-0.1, -0.05) is 30.4 Å². The van der Waals surface area contributed by atoms with Crippen LogP contribution in [0.2, 0.25) is 0 Å². The molecule has 1 aromatic rings. The number of carbonyl (C=O) groups is 1. The van der Waals surface area contributed by atoms with E-state index < -0.39 is 6.04 Å². The lowest BCUT2D eigenvalue weighted by molar-refractivity contribution is -0.126. The van der Waals surface area contributed by atoms with E-state index in [1.807, 2.05) is 30.3 Å². The highest BCUT2D eigenvalue weighted by atomic mass is 16.5. The Balaban J connectivity index is 2.09. The maximum absolute atomic E-state index is 11.9. The van der Waals surface area contributed by atoms with Gasteiger partial charge in [-0.3, -0.25) is 9.79 Å². The second-order valence-corrected chi connectivity index (χ2v) is 4.47. The molecule has 0 spiro atoms. The van der Waals surface area contributed by atoms with Crippen molar-refractivity contribution in [1.82, 2.24) is 4.90 Å². The number of rotatable bonds is 5. The van der Waals surface area contributed by atoms with Gasteiger partial charge in [-0.05, 0) is 23.6 Å². The molecular formula is C15H18N2O2. The van der Waals surface area contributed by atoms with Crippen LogP contribution >= 0.6 is 0 Å². The Labute approximate surface area is 113 Å². The van der Waals surface area contributed by atoms with Crippen molar-refractivity contribution in [1.29, 1.82) is 0 Å². The molecule has 0 radical (unpaired) electrons. The summed E-state index contributed by atoms with van der Waals surface area (Å²) in [5.74, 6) is 0.0144. The number of carbonyl (C=O) groups excluding carboxylic acids is 1. The normalized spacial score (nSPS) is 18.7. The first-order valence-electron chi connectivity index (χ1n) is 6.28. The highest BCUT2D eigenvalue weighted by molar-refractivity contribution is 5.97. The van der Waals surface area contributed by atoms with Crippen LogP contribution in [-0.4, -0.2) is 37.9 Å². The molecule has 4 heteroatoms. The number of hydrogen-bond acceptors (Lipinski definition) is 3. The van der Waals surface area contributed by atoms with Crippen LogP contribution in [0, 0.1) is 0 Å². The lowest BCUT2D eigenvalue weighted by atomic mass is 10.0. The number of methoxy groups -OCH3 is 1. The summed E-state index contributed by atoms with van der Waals surface area (Å²) in [5, 5.41) is 0. The third-order valence-corrected chi connectivity index (χ3v) is 3.00. The van der Waals surface area contributed by atoms with Gasteiger partial charge < -0.3 is 9.64 Å². The van der Waals surface area contributed by atoms with Crippen LogP contribution in [0.1, 0.15) is 23.6 Å². The molecule has 2 rings (SSSR count). The minimum absolute atomic E-state index is 0.0144. The molecule has 1 amide bonds. The molecule has 1 aromatic carbocycles. The van der Waals surface area contributed by atoms with Gasteiger partial charge in [-0.25, -0.2) is 0 Å². The molecule has 0 aliphatic carbocycles. The van der Waals surface area contributed by atoms with Crippen molar-refractivity contribution >= 4 is 18.3 Å². The zero-order chi connectivity index (χ0) is 13.7. The quantitative estimate of drug-likeness (QED) is 0.760. The van der Waals surface area contributed by atoms with Crippen LogP contribution < -0.4 is 0 Å². The van der Waals surface area contributed by atoms with E-state index in [1.165, 1.54) is 4.90 Å². The van der Waals surface area contributed by atoms with Gasteiger partial charge in [0.25, 0.3) is 5.91 Å².